The summed E-state index contributed by atoms with van der Waals surface area (Å²) in [5, 5.41) is 8.65. The van der Waals surface area contributed by atoms with Crippen LogP contribution in [0.2, 0.25) is 0 Å². The minimum absolute atomic E-state index is 0.345. The first-order valence-corrected chi connectivity index (χ1v) is 8.28. The summed E-state index contributed by atoms with van der Waals surface area (Å²) in [5.74, 6) is 0. The number of hydrogen-bond donors (Lipinski definition) is 1. The third-order valence-electron chi connectivity index (χ3n) is 3.47. The number of unbranched alkanes of at least 4 members (excludes halogenated alkanes) is 11. The average molecular weight is 266 g/mol. The molecule has 0 spiro atoms. The second-order valence-corrected chi connectivity index (χ2v) is 5.39. The Morgan fingerprint density at radius 3 is 1.47 bits per heavy atom. The summed E-state index contributed by atoms with van der Waals surface area (Å²) in [7, 11) is 0. The maximum absolute atomic E-state index is 8.65. The van der Waals surface area contributed by atoms with E-state index in [-0.39, 0.29) is 0 Å². The SMILES string of the molecule is C=CCCCCCCCCCC=CCCCCCO. The summed E-state index contributed by atoms with van der Waals surface area (Å²) in [6, 6.07) is 0. The summed E-state index contributed by atoms with van der Waals surface area (Å²) in [6.45, 7) is 4.09. The lowest BCUT2D eigenvalue weighted by atomic mass is 10.1. The smallest absolute Gasteiger partial charge is 0.0431 e. The fraction of sp³-hybridized carbons (Fsp3) is 0.778. The molecule has 0 radical (unpaired) electrons. The fourth-order valence-corrected chi connectivity index (χ4v) is 2.22. The quantitative estimate of drug-likeness (QED) is 0.294. The highest BCUT2D eigenvalue weighted by Gasteiger charge is 1.90. The normalized spacial score (nSPS) is 11.2. The van der Waals surface area contributed by atoms with Crippen LogP contribution in [-0.4, -0.2) is 11.7 Å². The molecule has 19 heavy (non-hydrogen) atoms. The molecule has 112 valence electrons. The van der Waals surface area contributed by atoms with E-state index in [2.05, 4.69) is 18.7 Å². The van der Waals surface area contributed by atoms with Crippen LogP contribution in [0.5, 0.6) is 0 Å². The molecule has 0 saturated heterocycles. The molecule has 0 bridgehead atoms. The van der Waals surface area contributed by atoms with Crippen LogP contribution in [0.25, 0.3) is 0 Å². The van der Waals surface area contributed by atoms with Crippen molar-refractivity contribution < 1.29 is 5.11 Å². The number of rotatable bonds is 15. The van der Waals surface area contributed by atoms with Crippen molar-refractivity contribution in [3.8, 4) is 0 Å². The zero-order valence-corrected chi connectivity index (χ0v) is 12.8. The van der Waals surface area contributed by atoms with Crippen LogP contribution in [0, 0.1) is 0 Å². The van der Waals surface area contributed by atoms with E-state index in [1.165, 1.54) is 70.6 Å². The predicted octanol–water partition coefficient (Wildman–Crippen LogP) is 5.79. The zero-order valence-electron chi connectivity index (χ0n) is 12.8. The zero-order chi connectivity index (χ0) is 14.0. The molecule has 1 N–H and O–H groups in total. The van der Waals surface area contributed by atoms with Gasteiger partial charge >= 0.3 is 0 Å². The number of aliphatic hydroxyl groups excluding tert-OH is 1. The van der Waals surface area contributed by atoms with E-state index in [1.54, 1.807) is 0 Å². The van der Waals surface area contributed by atoms with Crippen molar-refractivity contribution in [1.29, 1.82) is 0 Å². The monoisotopic (exact) mass is 266 g/mol. The van der Waals surface area contributed by atoms with Gasteiger partial charge in [-0.1, -0.05) is 56.8 Å². The minimum atomic E-state index is 0.345. The van der Waals surface area contributed by atoms with Crippen molar-refractivity contribution in [3.63, 3.8) is 0 Å². The largest absolute Gasteiger partial charge is 0.396 e. The van der Waals surface area contributed by atoms with Gasteiger partial charge in [-0.25, -0.2) is 0 Å². The predicted molar refractivity (Wildman–Crippen MR) is 86.4 cm³/mol. The van der Waals surface area contributed by atoms with Crippen molar-refractivity contribution in [2.45, 2.75) is 83.5 Å². The van der Waals surface area contributed by atoms with Gasteiger partial charge in [-0.2, -0.15) is 0 Å². The summed E-state index contributed by atoms with van der Waals surface area (Å²) >= 11 is 0. The van der Waals surface area contributed by atoms with Crippen molar-refractivity contribution in [3.05, 3.63) is 24.8 Å². The third-order valence-corrected chi connectivity index (χ3v) is 3.47. The molecular formula is C18H34O. The third kappa shape index (κ3) is 17.4. The number of aliphatic hydroxyl groups is 1. The van der Waals surface area contributed by atoms with Crippen LogP contribution in [0.1, 0.15) is 83.5 Å². The molecule has 0 aliphatic heterocycles. The maximum Gasteiger partial charge on any atom is 0.0431 e. The second kappa shape index (κ2) is 17.4. The second-order valence-electron chi connectivity index (χ2n) is 5.39. The van der Waals surface area contributed by atoms with E-state index in [0.29, 0.717) is 6.61 Å². The Bertz CT molecular complexity index is 196. The summed E-state index contributed by atoms with van der Waals surface area (Å²) in [6.07, 6.45) is 23.3. The van der Waals surface area contributed by atoms with Gasteiger partial charge in [-0.3, -0.25) is 0 Å². The van der Waals surface area contributed by atoms with E-state index in [0.717, 1.165) is 12.8 Å². The van der Waals surface area contributed by atoms with E-state index < -0.39 is 0 Å². The molecule has 0 aromatic rings. The molecule has 0 aromatic carbocycles. The van der Waals surface area contributed by atoms with Crippen LogP contribution in [-0.2, 0) is 0 Å². The Labute approximate surface area is 120 Å². The van der Waals surface area contributed by atoms with Gasteiger partial charge in [0.05, 0.1) is 0 Å². The van der Waals surface area contributed by atoms with Gasteiger partial charge in [0.25, 0.3) is 0 Å². The molecule has 0 heterocycles. The molecule has 0 aliphatic rings. The maximum atomic E-state index is 8.65. The Hall–Kier alpha value is -0.560. The van der Waals surface area contributed by atoms with Gasteiger partial charge in [0, 0.05) is 6.61 Å². The Kier molecular flexibility index (Phi) is 16.9. The van der Waals surface area contributed by atoms with Gasteiger partial charge in [0.2, 0.25) is 0 Å². The van der Waals surface area contributed by atoms with Gasteiger partial charge in [-0.05, 0) is 44.9 Å². The molecule has 0 unspecified atom stereocenters. The molecule has 0 saturated carbocycles. The molecular weight excluding hydrogens is 232 g/mol. The van der Waals surface area contributed by atoms with Crippen molar-refractivity contribution in [2.75, 3.05) is 6.61 Å². The molecule has 0 aromatic heterocycles. The molecule has 0 fully saturated rings. The number of hydrogen-bond acceptors (Lipinski definition) is 1. The van der Waals surface area contributed by atoms with Crippen molar-refractivity contribution in [2.24, 2.45) is 0 Å². The van der Waals surface area contributed by atoms with Gasteiger partial charge in [-0.15, -0.1) is 6.58 Å². The average Bonchev–Trinajstić information content (AvgIpc) is 2.43. The first-order valence-electron chi connectivity index (χ1n) is 8.28. The van der Waals surface area contributed by atoms with E-state index in [1.807, 2.05) is 6.08 Å². The van der Waals surface area contributed by atoms with E-state index >= 15 is 0 Å². The molecule has 0 rings (SSSR count). The Balaban J connectivity index is 3.01. The first kappa shape index (κ1) is 18.4. The first-order chi connectivity index (χ1) is 9.41. The minimum Gasteiger partial charge on any atom is -0.396 e. The van der Waals surface area contributed by atoms with E-state index in [4.69, 9.17) is 5.11 Å². The number of allylic oxidation sites excluding steroid dienone is 3. The molecule has 0 aliphatic carbocycles. The lowest BCUT2D eigenvalue weighted by Crippen LogP contribution is -1.82. The topological polar surface area (TPSA) is 20.2 Å². The van der Waals surface area contributed by atoms with Crippen LogP contribution in [0.3, 0.4) is 0 Å². The van der Waals surface area contributed by atoms with Crippen molar-refractivity contribution >= 4 is 0 Å². The highest BCUT2D eigenvalue weighted by atomic mass is 16.2. The standard InChI is InChI=1S/C18H34O/c1-2-3-4-5-6-7-8-9-10-11-12-13-14-15-16-17-18-19/h2,12-13,19H,1,3-11,14-18H2. The van der Waals surface area contributed by atoms with Crippen LogP contribution in [0.4, 0.5) is 0 Å². The highest BCUT2D eigenvalue weighted by Crippen LogP contribution is 2.10. The summed E-state index contributed by atoms with van der Waals surface area (Å²) < 4.78 is 0. The highest BCUT2D eigenvalue weighted by molar-refractivity contribution is 4.81. The Morgan fingerprint density at radius 1 is 0.579 bits per heavy atom. The molecule has 1 heteroatoms. The lowest BCUT2D eigenvalue weighted by Gasteiger charge is -2.00. The van der Waals surface area contributed by atoms with Crippen LogP contribution >= 0.6 is 0 Å². The Morgan fingerprint density at radius 2 is 1.00 bits per heavy atom. The van der Waals surface area contributed by atoms with Crippen LogP contribution in [0.15, 0.2) is 24.8 Å². The summed E-state index contributed by atoms with van der Waals surface area (Å²) in [4.78, 5) is 0. The molecule has 1 nitrogen and oxygen atoms in total. The van der Waals surface area contributed by atoms with Gasteiger partial charge in [0.1, 0.15) is 0 Å². The van der Waals surface area contributed by atoms with E-state index in [9.17, 15) is 0 Å². The van der Waals surface area contributed by atoms with Crippen molar-refractivity contribution in [1.82, 2.24) is 0 Å². The van der Waals surface area contributed by atoms with Crippen LogP contribution < -0.4 is 0 Å². The molecule has 0 atom stereocenters. The summed E-state index contributed by atoms with van der Waals surface area (Å²) in [5.41, 5.74) is 0. The van der Waals surface area contributed by atoms with Gasteiger partial charge < -0.3 is 5.11 Å². The lowest BCUT2D eigenvalue weighted by molar-refractivity contribution is 0.283. The van der Waals surface area contributed by atoms with Gasteiger partial charge in [0.15, 0.2) is 0 Å². The fourth-order valence-electron chi connectivity index (χ4n) is 2.22. The molecule has 0 amide bonds.